The first-order chi connectivity index (χ1) is 11.0. The van der Waals surface area contributed by atoms with E-state index in [-0.39, 0.29) is 11.1 Å². The van der Waals surface area contributed by atoms with Crippen molar-refractivity contribution in [1.29, 1.82) is 5.26 Å². The van der Waals surface area contributed by atoms with Crippen LogP contribution in [-0.2, 0) is 13.1 Å². The van der Waals surface area contributed by atoms with Gasteiger partial charge in [-0.05, 0) is 35.4 Å². The molecule has 1 amide bonds. The van der Waals surface area contributed by atoms with Crippen molar-refractivity contribution in [1.82, 2.24) is 4.90 Å². The molecule has 0 fully saturated rings. The number of aromatic hydroxyl groups is 2. The molecule has 0 radical (unpaired) electrons. The number of carbonyl (C=O) groups is 1. The van der Waals surface area contributed by atoms with E-state index in [4.69, 9.17) is 10.00 Å². The van der Waals surface area contributed by atoms with Gasteiger partial charge >= 0.3 is 0 Å². The summed E-state index contributed by atoms with van der Waals surface area (Å²) in [6.45, 7) is 0.751. The van der Waals surface area contributed by atoms with Gasteiger partial charge in [0.05, 0.1) is 18.7 Å². The van der Waals surface area contributed by atoms with E-state index < -0.39 is 17.4 Å². The van der Waals surface area contributed by atoms with E-state index in [2.05, 4.69) is 0 Å². The van der Waals surface area contributed by atoms with Gasteiger partial charge < -0.3 is 19.8 Å². The Bertz CT molecular complexity index is 816. The summed E-state index contributed by atoms with van der Waals surface area (Å²) in [7, 11) is 1.58. The van der Waals surface area contributed by atoms with Gasteiger partial charge in [-0.25, -0.2) is 0 Å². The van der Waals surface area contributed by atoms with Crippen LogP contribution in [0.5, 0.6) is 17.2 Å². The molecule has 0 saturated carbocycles. The topological polar surface area (TPSA) is 93.8 Å². The van der Waals surface area contributed by atoms with E-state index in [0.29, 0.717) is 18.8 Å². The summed E-state index contributed by atoms with van der Waals surface area (Å²) in [5.41, 5.74) is 1.85. The van der Waals surface area contributed by atoms with Crippen LogP contribution < -0.4 is 4.74 Å². The molecule has 0 aliphatic carbocycles. The highest BCUT2D eigenvalue weighted by Crippen LogP contribution is 2.33. The van der Waals surface area contributed by atoms with Crippen LogP contribution in [0.4, 0.5) is 0 Å². The van der Waals surface area contributed by atoms with Crippen molar-refractivity contribution in [2.75, 3.05) is 7.11 Å². The molecule has 6 heteroatoms. The maximum atomic E-state index is 12.6. The predicted molar refractivity (Wildman–Crippen MR) is 81.1 cm³/mol. The fourth-order valence-corrected chi connectivity index (χ4v) is 2.70. The maximum Gasteiger partial charge on any atom is 0.262 e. The zero-order chi connectivity index (χ0) is 16.6. The molecular formula is C17H14N2O4. The molecule has 1 heterocycles. The molecule has 2 aromatic rings. The first kappa shape index (κ1) is 14.7. The van der Waals surface area contributed by atoms with Crippen molar-refractivity contribution in [2.24, 2.45) is 0 Å². The van der Waals surface area contributed by atoms with Gasteiger partial charge in [-0.15, -0.1) is 0 Å². The van der Waals surface area contributed by atoms with Crippen molar-refractivity contribution < 1.29 is 19.7 Å². The van der Waals surface area contributed by atoms with Crippen molar-refractivity contribution in [3.63, 3.8) is 0 Å². The molecule has 0 atom stereocenters. The Labute approximate surface area is 132 Å². The van der Waals surface area contributed by atoms with Gasteiger partial charge in [0.1, 0.15) is 22.8 Å². The van der Waals surface area contributed by atoms with Crippen LogP contribution in [0.3, 0.4) is 0 Å². The average Bonchev–Trinajstić information content (AvgIpc) is 2.96. The van der Waals surface area contributed by atoms with Crippen LogP contribution in [-0.4, -0.2) is 28.1 Å². The van der Waals surface area contributed by atoms with Crippen LogP contribution in [0.15, 0.2) is 30.3 Å². The smallest absolute Gasteiger partial charge is 0.262 e. The number of carbonyl (C=O) groups excluding carboxylic acids is 1. The minimum absolute atomic E-state index is 0.0889. The number of hydrogen-bond acceptors (Lipinski definition) is 5. The van der Waals surface area contributed by atoms with E-state index in [1.54, 1.807) is 7.11 Å². The van der Waals surface area contributed by atoms with E-state index in [1.807, 2.05) is 24.3 Å². The number of methoxy groups -OCH3 is 1. The number of nitriles is 1. The molecule has 0 saturated heterocycles. The number of ether oxygens (including phenoxy) is 1. The molecule has 116 valence electrons. The van der Waals surface area contributed by atoms with E-state index in [0.717, 1.165) is 11.1 Å². The van der Waals surface area contributed by atoms with Gasteiger partial charge in [0.15, 0.2) is 0 Å². The minimum Gasteiger partial charge on any atom is -0.507 e. The Balaban J connectivity index is 1.90. The van der Waals surface area contributed by atoms with Gasteiger partial charge in [0.2, 0.25) is 0 Å². The summed E-state index contributed by atoms with van der Waals surface area (Å²) >= 11 is 0. The van der Waals surface area contributed by atoms with E-state index >= 15 is 0 Å². The summed E-state index contributed by atoms with van der Waals surface area (Å²) in [4.78, 5) is 14.1. The van der Waals surface area contributed by atoms with Gasteiger partial charge in [-0.1, -0.05) is 6.07 Å². The summed E-state index contributed by atoms with van der Waals surface area (Å²) in [6.07, 6.45) is 0. The number of hydrogen-bond donors (Lipinski definition) is 2. The normalized spacial score (nSPS) is 12.6. The molecule has 0 aromatic heterocycles. The monoisotopic (exact) mass is 310 g/mol. The number of phenolic OH excluding ortho intramolecular Hbond substituents is 2. The number of phenols is 2. The van der Waals surface area contributed by atoms with Crippen molar-refractivity contribution in [3.8, 4) is 23.3 Å². The number of nitrogens with zero attached hydrogens (tertiary/aromatic N) is 2. The molecule has 0 unspecified atom stereocenters. The van der Waals surface area contributed by atoms with Crippen LogP contribution in [0.1, 0.15) is 27.0 Å². The zero-order valence-electron chi connectivity index (χ0n) is 12.4. The Hall–Kier alpha value is -3.20. The summed E-state index contributed by atoms with van der Waals surface area (Å²) in [5, 5.41) is 28.7. The second-order valence-corrected chi connectivity index (χ2v) is 5.30. The quantitative estimate of drug-likeness (QED) is 0.886. The lowest BCUT2D eigenvalue weighted by Crippen LogP contribution is -2.25. The summed E-state index contributed by atoms with van der Waals surface area (Å²) in [5.74, 6) is -0.582. The fourth-order valence-electron chi connectivity index (χ4n) is 2.70. The van der Waals surface area contributed by atoms with Gasteiger partial charge in [-0.2, -0.15) is 5.26 Å². The van der Waals surface area contributed by atoms with Crippen LogP contribution in [0.25, 0.3) is 0 Å². The van der Waals surface area contributed by atoms with Crippen LogP contribution >= 0.6 is 0 Å². The maximum absolute atomic E-state index is 12.6. The molecule has 3 rings (SSSR count). The Morgan fingerprint density at radius 3 is 2.43 bits per heavy atom. The summed E-state index contributed by atoms with van der Waals surface area (Å²) in [6, 6.07) is 9.72. The minimum atomic E-state index is -0.486. The lowest BCUT2D eigenvalue weighted by molar-refractivity contribution is 0.0745. The van der Waals surface area contributed by atoms with Gasteiger partial charge in [0.25, 0.3) is 5.91 Å². The first-order valence-corrected chi connectivity index (χ1v) is 6.94. The lowest BCUT2D eigenvalue weighted by atomic mass is 10.1. The standard InChI is InChI=1S/C17H14N2O4/c1-23-13-3-2-11-8-19(9-12(11)6-13)17(22)16-14(20)4-10(7-18)5-15(16)21/h2-6,20-21H,8-9H2,1H3. The molecule has 2 N–H and O–H groups in total. The lowest BCUT2D eigenvalue weighted by Gasteiger charge is -2.17. The number of amides is 1. The van der Waals surface area contributed by atoms with E-state index in [9.17, 15) is 15.0 Å². The SMILES string of the molecule is COc1ccc2c(c1)CN(C(=O)c1c(O)cc(C#N)cc1O)C2. The Kier molecular flexibility index (Phi) is 3.54. The molecule has 2 aromatic carbocycles. The highest BCUT2D eigenvalue weighted by atomic mass is 16.5. The van der Waals surface area contributed by atoms with Crippen LogP contribution in [0, 0.1) is 11.3 Å². The zero-order valence-corrected chi connectivity index (χ0v) is 12.4. The number of rotatable bonds is 2. The highest BCUT2D eigenvalue weighted by Gasteiger charge is 2.28. The van der Waals surface area contributed by atoms with E-state index in [1.165, 1.54) is 17.0 Å². The number of benzene rings is 2. The Morgan fingerprint density at radius 1 is 1.17 bits per heavy atom. The number of fused-ring (bicyclic) bond motifs is 1. The van der Waals surface area contributed by atoms with Gasteiger partial charge in [-0.3, -0.25) is 4.79 Å². The summed E-state index contributed by atoms with van der Waals surface area (Å²) < 4.78 is 5.17. The molecule has 1 aliphatic rings. The highest BCUT2D eigenvalue weighted by molar-refractivity contribution is 6.00. The third-order valence-corrected chi connectivity index (χ3v) is 3.86. The van der Waals surface area contributed by atoms with Crippen molar-refractivity contribution >= 4 is 5.91 Å². The van der Waals surface area contributed by atoms with Crippen LogP contribution in [0.2, 0.25) is 0 Å². The largest absolute Gasteiger partial charge is 0.507 e. The average molecular weight is 310 g/mol. The van der Waals surface area contributed by atoms with Crippen molar-refractivity contribution in [2.45, 2.75) is 13.1 Å². The molecular weight excluding hydrogens is 296 g/mol. The molecule has 0 spiro atoms. The molecule has 1 aliphatic heterocycles. The second kappa shape index (κ2) is 5.54. The molecule has 23 heavy (non-hydrogen) atoms. The second-order valence-electron chi connectivity index (χ2n) is 5.30. The predicted octanol–water partition coefficient (Wildman–Crippen LogP) is 2.13. The fraction of sp³-hybridized carbons (Fsp3) is 0.176. The third kappa shape index (κ3) is 2.53. The first-order valence-electron chi connectivity index (χ1n) is 6.94. The third-order valence-electron chi connectivity index (χ3n) is 3.86. The Morgan fingerprint density at radius 2 is 1.83 bits per heavy atom. The van der Waals surface area contributed by atoms with Gasteiger partial charge in [0, 0.05) is 13.1 Å². The molecule has 6 nitrogen and oxygen atoms in total. The van der Waals surface area contributed by atoms with Crippen molar-refractivity contribution in [3.05, 3.63) is 52.6 Å². The molecule has 0 bridgehead atoms.